The smallest absolute Gasteiger partial charge is 0.179 e. The molecule has 0 aliphatic carbocycles. The first kappa shape index (κ1) is 21.7. The fourth-order valence-corrected chi connectivity index (χ4v) is 1.88. The van der Waals surface area contributed by atoms with Gasteiger partial charge in [-0.1, -0.05) is 26.5 Å². The number of hydrazine groups is 1. The van der Waals surface area contributed by atoms with Crippen LogP contribution in [0.15, 0.2) is 57.9 Å². The molecule has 6 N–H and O–H groups in total. The van der Waals surface area contributed by atoms with E-state index in [-0.39, 0.29) is 22.9 Å². The van der Waals surface area contributed by atoms with E-state index in [0.29, 0.717) is 4.47 Å². The van der Waals surface area contributed by atoms with Gasteiger partial charge in [0, 0.05) is 10.7 Å². The van der Waals surface area contributed by atoms with Crippen LogP contribution in [0.5, 0.6) is 0 Å². The summed E-state index contributed by atoms with van der Waals surface area (Å²) in [6, 6.07) is 1.54. The van der Waals surface area contributed by atoms with Crippen LogP contribution in [-0.4, -0.2) is 15.8 Å². The monoisotopic (exact) mass is 402 g/mol. The summed E-state index contributed by atoms with van der Waals surface area (Å²) in [5.74, 6) is 8.87. The van der Waals surface area contributed by atoms with Crippen LogP contribution in [0.1, 0.15) is 26.3 Å². The van der Waals surface area contributed by atoms with Crippen molar-refractivity contribution in [2.75, 3.05) is 5.73 Å². The molecule has 0 aliphatic heterocycles. The molecule has 0 unspecified atom stereocenters. The third-order valence-corrected chi connectivity index (χ3v) is 2.97. The minimum atomic E-state index is -1.18. The first-order valence-corrected chi connectivity index (χ1v) is 7.71. The molecule has 1 aromatic rings. The van der Waals surface area contributed by atoms with Crippen LogP contribution in [0.3, 0.4) is 0 Å². The fourth-order valence-electron chi connectivity index (χ4n) is 1.55. The molecule has 0 aliphatic rings. The lowest BCUT2D eigenvalue weighted by Crippen LogP contribution is -2.39. The molecule has 6 nitrogen and oxygen atoms in total. The average Bonchev–Trinajstić information content (AvgIpc) is 2.57. The Kier molecular flexibility index (Phi) is 9.51. The topological polar surface area (TPSA) is 107 Å². The third-order valence-electron chi connectivity index (χ3n) is 2.54. The molecule has 1 rings (SSSR count). The lowest BCUT2D eigenvalue weighted by Gasteiger charge is -2.22. The van der Waals surface area contributed by atoms with Gasteiger partial charge < -0.3 is 11.6 Å². The van der Waals surface area contributed by atoms with Crippen LogP contribution in [0.2, 0.25) is 0 Å². The molecule has 0 radical (unpaired) electrons. The van der Waals surface area contributed by atoms with E-state index in [9.17, 15) is 8.78 Å². The van der Waals surface area contributed by atoms with Crippen molar-refractivity contribution in [3.63, 3.8) is 0 Å². The number of hydrazone groups is 1. The molecule has 132 valence electrons. The molecule has 9 heteroatoms. The van der Waals surface area contributed by atoms with Gasteiger partial charge in [0.05, 0.1) is 11.3 Å². The number of nitrogens with two attached hydrogens (primary N) is 3. The Morgan fingerprint density at radius 2 is 2.00 bits per heavy atom. The lowest BCUT2D eigenvalue weighted by atomic mass is 10.2. The zero-order chi connectivity index (χ0) is 18.9. The van der Waals surface area contributed by atoms with Crippen molar-refractivity contribution >= 4 is 27.6 Å². The summed E-state index contributed by atoms with van der Waals surface area (Å²) in [5, 5.41) is 4.26. The number of halogens is 3. The highest BCUT2D eigenvalue weighted by Crippen LogP contribution is 2.23. The molecular formula is C15H21BrF2N6. The van der Waals surface area contributed by atoms with Crippen molar-refractivity contribution in [1.82, 2.24) is 9.99 Å². The van der Waals surface area contributed by atoms with E-state index in [0.717, 1.165) is 11.9 Å². The Morgan fingerprint density at radius 3 is 2.46 bits per heavy atom. The number of pyridine rings is 1. The van der Waals surface area contributed by atoms with Crippen molar-refractivity contribution in [1.29, 1.82) is 0 Å². The Morgan fingerprint density at radius 1 is 1.42 bits per heavy atom. The molecule has 1 aromatic heterocycles. The van der Waals surface area contributed by atoms with E-state index in [1.807, 2.05) is 13.8 Å². The Labute approximate surface area is 148 Å². The number of amidine groups is 1. The number of anilines is 1. The SMILES string of the molecule is C=C/C=C(\C(F)=C(/C)F)N(N)/C(=N\N)c1cc(Br)cnc1N.CC. The molecule has 0 atom stereocenters. The average molecular weight is 403 g/mol. The maximum atomic E-state index is 13.9. The van der Waals surface area contributed by atoms with Crippen LogP contribution in [0.25, 0.3) is 0 Å². The summed E-state index contributed by atoms with van der Waals surface area (Å²) in [4.78, 5) is 3.91. The van der Waals surface area contributed by atoms with Gasteiger partial charge >= 0.3 is 0 Å². The molecule has 1 heterocycles. The van der Waals surface area contributed by atoms with Crippen LogP contribution in [-0.2, 0) is 0 Å². The number of allylic oxidation sites excluding steroid dienone is 4. The summed E-state index contributed by atoms with van der Waals surface area (Å²) >= 11 is 3.22. The van der Waals surface area contributed by atoms with Crippen molar-refractivity contribution in [2.24, 2.45) is 16.8 Å². The molecule has 0 bridgehead atoms. The lowest BCUT2D eigenvalue weighted by molar-refractivity contribution is 0.470. The van der Waals surface area contributed by atoms with Crippen molar-refractivity contribution in [3.8, 4) is 0 Å². The summed E-state index contributed by atoms with van der Waals surface area (Å²) in [6.07, 6.45) is 3.88. The van der Waals surface area contributed by atoms with Gasteiger partial charge in [0.15, 0.2) is 11.7 Å². The normalized spacial score (nSPS) is 12.8. The highest BCUT2D eigenvalue weighted by atomic mass is 79.9. The second kappa shape index (κ2) is 10.5. The molecular weight excluding hydrogens is 382 g/mol. The number of rotatable bonds is 4. The number of hydrogen-bond acceptors (Lipinski definition) is 5. The maximum absolute atomic E-state index is 13.9. The zero-order valence-corrected chi connectivity index (χ0v) is 15.3. The van der Waals surface area contributed by atoms with E-state index in [2.05, 4.69) is 32.6 Å². The largest absolute Gasteiger partial charge is 0.383 e. The van der Waals surface area contributed by atoms with Gasteiger partial charge in [-0.25, -0.2) is 19.6 Å². The van der Waals surface area contributed by atoms with Gasteiger partial charge in [-0.05, 0) is 35.0 Å². The van der Waals surface area contributed by atoms with E-state index in [1.165, 1.54) is 18.3 Å². The summed E-state index contributed by atoms with van der Waals surface area (Å²) in [7, 11) is 0. The number of hydrogen-bond donors (Lipinski definition) is 3. The highest BCUT2D eigenvalue weighted by Gasteiger charge is 2.22. The Balaban J connectivity index is 0.00000254. The minimum absolute atomic E-state index is 0.0714. The number of nitrogen functional groups attached to an aromatic ring is 1. The van der Waals surface area contributed by atoms with Crippen molar-refractivity contribution in [3.05, 3.63) is 58.4 Å². The summed E-state index contributed by atoms with van der Waals surface area (Å²) in [5.41, 5.74) is 5.67. The van der Waals surface area contributed by atoms with Crippen LogP contribution in [0.4, 0.5) is 14.6 Å². The van der Waals surface area contributed by atoms with Crippen molar-refractivity contribution < 1.29 is 8.78 Å². The molecule has 0 aromatic carbocycles. The van der Waals surface area contributed by atoms with Crippen molar-refractivity contribution in [2.45, 2.75) is 20.8 Å². The van der Waals surface area contributed by atoms with Crippen LogP contribution in [0, 0.1) is 0 Å². The van der Waals surface area contributed by atoms with Gasteiger partial charge in [0.2, 0.25) is 0 Å². The molecule has 0 fully saturated rings. The Bertz CT molecular complexity index is 666. The third kappa shape index (κ3) is 5.43. The minimum Gasteiger partial charge on any atom is -0.383 e. The molecule has 24 heavy (non-hydrogen) atoms. The van der Waals surface area contributed by atoms with E-state index in [4.69, 9.17) is 17.4 Å². The fraction of sp³-hybridized carbons (Fsp3) is 0.200. The first-order valence-electron chi connectivity index (χ1n) is 6.92. The predicted molar refractivity (Wildman–Crippen MR) is 97.6 cm³/mol. The summed E-state index contributed by atoms with van der Waals surface area (Å²) in [6.45, 7) is 8.38. The number of aromatic nitrogens is 1. The quantitative estimate of drug-likeness (QED) is 0.235. The van der Waals surface area contributed by atoms with Crippen LogP contribution >= 0.6 is 15.9 Å². The standard InChI is InChI=1S/C13H15BrF2N6.C2H6/c1-3-4-10(11(16)7(2)15)22(19)13(21-18)9-5-8(14)6-20-12(9)17;1-2/h3-6H,1,18-19H2,2H3,(H2,17,20);1-2H3/b10-4+,11-7-,21-13-;. The summed E-state index contributed by atoms with van der Waals surface area (Å²) < 4.78 is 27.7. The van der Waals surface area contributed by atoms with Gasteiger partial charge in [-0.2, -0.15) is 5.10 Å². The second-order valence-electron chi connectivity index (χ2n) is 4.04. The van der Waals surface area contributed by atoms with Gasteiger partial charge in [-0.3, -0.25) is 5.01 Å². The van der Waals surface area contributed by atoms with E-state index >= 15 is 0 Å². The van der Waals surface area contributed by atoms with E-state index < -0.39 is 11.7 Å². The van der Waals surface area contributed by atoms with E-state index in [1.54, 1.807) is 6.07 Å². The maximum Gasteiger partial charge on any atom is 0.179 e. The predicted octanol–water partition coefficient (Wildman–Crippen LogP) is 3.49. The molecule has 0 amide bonds. The first-order chi connectivity index (χ1) is 11.3. The Hall–Kier alpha value is -2.26. The molecule has 0 spiro atoms. The molecule has 0 saturated carbocycles. The van der Waals surface area contributed by atoms with Gasteiger partial charge in [-0.15, -0.1) is 0 Å². The number of nitrogens with zero attached hydrogens (tertiary/aromatic N) is 3. The van der Waals surface area contributed by atoms with Gasteiger partial charge in [0.1, 0.15) is 11.6 Å². The van der Waals surface area contributed by atoms with Crippen LogP contribution < -0.4 is 17.4 Å². The highest BCUT2D eigenvalue weighted by molar-refractivity contribution is 9.10. The molecule has 0 saturated heterocycles. The zero-order valence-electron chi connectivity index (χ0n) is 13.7. The second-order valence-corrected chi connectivity index (χ2v) is 4.96. The van der Waals surface area contributed by atoms with Gasteiger partial charge in [0.25, 0.3) is 0 Å².